The van der Waals surface area contributed by atoms with Crippen molar-refractivity contribution in [2.75, 3.05) is 19.4 Å². The molecule has 1 heterocycles. The molecule has 1 amide bonds. The quantitative estimate of drug-likeness (QED) is 0.723. The van der Waals surface area contributed by atoms with Gasteiger partial charge in [-0.25, -0.2) is 0 Å². The van der Waals surface area contributed by atoms with Crippen LogP contribution in [0.4, 0.5) is 0 Å². The van der Waals surface area contributed by atoms with E-state index in [1.165, 1.54) is 12.0 Å². The largest absolute Gasteiger partial charge is 0.468 e. The SMILES string of the molecule is COC(=O)CN(C(=O)CSCc1cccs1)C1CCCC1. The van der Waals surface area contributed by atoms with Gasteiger partial charge in [0, 0.05) is 16.7 Å². The molecule has 116 valence electrons. The number of carbonyl (C=O) groups is 2. The van der Waals surface area contributed by atoms with Crippen molar-refractivity contribution in [1.29, 1.82) is 0 Å². The summed E-state index contributed by atoms with van der Waals surface area (Å²) in [6.07, 6.45) is 4.27. The first-order valence-corrected chi connectivity index (χ1v) is 9.20. The molecule has 0 unspecified atom stereocenters. The number of thiophene rings is 1. The average Bonchev–Trinajstić information content (AvgIpc) is 3.17. The molecule has 0 radical (unpaired) electrons. The van der Waals surface area contributed by atoms with E-state index in [2.05, 4.69) is 6.07 Å². The van der Waals surface area contributed by atoms with Crippen LogP contribution in [-0.4, -0.2) is 42.2 Å². The molecule has 1 aromatic heterocycles. The van der Waals surface area contributed by atoms with E-state index in [4.69, 9.17) is 4.74 Å². The van der Waals surface area contributed by atoms with Crippen molar-refractivity contribution in [3.8, 4) is 0 Å². The third-order valence-corrected chi connectivity index (χ3v) is 5.69. The van der Waals surface area contributed by atoms with Gasteiger partial charge in [0.1, 0.15) is 6.54 Å². The Bertz CT molecular complexity index is 455. The number of ether oxygens (including phenoxy) is 1. The van der Waals surface area contributed by atoms with E-state index in [9.17, 15) is 9.59 Å². The van der Waals surface area contributed by atoms with Crippen molar-refractivity contribution in [3.05, 3.63) is 22.4 Å². The van der Waals surface area contributed by atoms with Crippen molar-refractivity contribution in [2.45, 2.75) is 37.5 Å². The number of esters is 1. The molecule has 1 fully saturated rings. The molecule has 1 aliphatic carbocycles. The van der Waals surface area contributed by atoms with Gasteiger partial charge in [-0.05, 0) is 24.3 Å². The van der Waals surface area contributed by atoms with Crippen LogP contribution in [0.5, 0.6) is 0 Å². The number of hydrogen-bond acceptors (Lipinski definition) is 5. The average molecular weight is 327 g/mol. The van der Waals surface area contributed by atoms with Crippen molar-refractivity contribution in [3.63, 3.8) is 0 Å². The summed E-state index contributed by atoms with van der Waals surface area (Å²) in [6.45, 7) is 0.0829. The fraction of sp³-hybridized carbons (Fsp3) is 0.600. The van der Waals surface area contributed by atoms with Gasteiger partial charge in [-0.15, -0.1) is 23.1 Å². The number of methoxy groups -OCH3 is 1. The van der Waals surface area contributed by atoms with Gasteiger partial charge in [-0.1, -0.05) is 18.9 Å². The fourth-order valence-electron chi connectivity index (χ4n) is 2.56. The van der Waals surface area contributed by atoms with E-state index in [1.54, 1.807) is 28.0 Å². The maximum absolute atomic E-state index is 12.4. The minimum absolute atomic E-state index is 0.0499. The lowest BCUT2D eigenvalue weighted by Crippen LogP contribution is -2.43. The van der Waals surface area contributed by atoms with Gasteiger partial charge < -0.3 is 9.64 Å². The van der Waals surface area contributed by atoms with Crippen molar-refractivity contribution >= 4 is 35.0 Å². The van der Waals surface area contributed by atoms with Crippen molar-refractivity contribution < 1.29 is 14.3 Å². The van der Waals surface area contributed by atoms with Crippen LogP contribution in [0.2, 0.25) is 0 Å². The third-order valence-electron chi connectivity index (χ3n) is 3.66. The summed E-state index contributed by atoms with van der Waals surface area (Å²) in [5.74, 6) is 0.985. The van der Waals surface area contributed by atoms with Crippen LogP contribution in [-0.2, 0) is 20.1 Å². The van der Waals surface area contributed by atoms with Crippen LogP contribution in [0.1, 0.15) is 30.6 Å². The number of hydrogen-bond donors (Lipinski definition) is 0. The molecule has 0 aliphatic heterocycles. The van der Waals surface area contributed by atoms with Crippen LogP contribution in [0.15, 0.2) is 17.5 Å². The maximum atomic E-state index is 12.4. The molecule has 6 heteroatoms. The molecule has 0 spiro atoms. The maximum Gasteiger partial charge on any atom is 0.325 e. The molecule has 21 heavy (non-hydrogen) atoms. The third kappa shape index (κ3) is 5.04. The Kier molecular flexibility index (Phi) is 6.57. The Hall–Kier alpha value is -1.01. The number of amides is 1. The lowest BCUT2D eigenvalue weighted by Gasteiger charge is -2.27. The van der Waals surface area contributed by atoms with E-state index in [-0.39, 0.29) is 24.5 Å². The highest BCUT2D eigenvalue weighted by atomic mass is 32.2. The molecule has 1 aromatic rings. The molecule has 0 saturated heterocycles. The molecular formula is C15H21NO3S2. The molecule has 0 N–H and O–H groups in total. The zero-order valence-electron chi connectivity index (χ0n) is 12.2. The zero-order chi connectivity index (χ0) is 15.1. The minimum Gasteiger partial charge on any atom is -0.468 e. The van der Waals surface area contributed by atoms with E-state index in [1.807, 2.05) is 11.4 Å². The minimum atomic E-state index is -0.335. The Labute approximate surface area is 133 Å². The summed E-state index contributed by atoms with van der Waals surface area (Å²) in [4.78, 5) is 26.9. The molecule has 0 aromatic carbocycles. The summed E-state index contributed by atoms with van der Waals surface area (Å²) in [7, 11) is 1.37. The van der Waals surface area contributed by atoms with Crippen LogP contribution >= 0.6 is 23.1 Å². The van der Waals surface area contributed by atoms with Gasteiger partial charge in [0.2, 0.25) is 5.91 Å². The number of carbonyl (C=O) groups excluding carboxylic acids is 2. The summed E-state index contributed by atoms with van der Waals surface area (Å²) >= 11 is 3.31. The Morgan fingerprint density at radius 1 is 1.43 bits per heavy atom. The predicted octanol–water partition coefficient (Wildman–Crippen LogP) is 2.93. The molecule has 1 saturated carbocycles. The van der Waals surface area contributed by atoms with Gasteiger partial charge in [0.05, 0.1) is 12.9 Å². The Balaban J connectivity index is 1.85. The van der Waals surface area contributed by atoms with Crippen LogP contribution in [0.3, 0.4) is 0 Å². The summed E-state index contributed by atoms with van der Waals surface area (Å²) < 4.78 is 4.72. The Morgan fingerprint density at radius 3 is 2.81 bits per heavy atom. The van der Waals surface area contributed by atoms with Gasteiger partial charge in [-0.3, -0.25) is 9.59 Å². The van der Waals surface area contributed by atoms with Crippen LogP contribution in [0, 0.1) is 0 Å². The van der Waals surface area contributed by atoms with Gasteiger partial charge in [0.25, 0.3) is 0 Å². The fourth-order valence-corrected chi connectivity index (χ4v) is 4.31. The highest BCUT2D eigenvalue weighted by Gasteiger charge is 2.28. The standard InChI is InChI=1S/C15H21NO3S2/c1-19-15(18)9-16(12-5-2-3-6-12)14(17)11-20-10-13-7-4-8-21-13/h4,7-8,12H,2-3,5-6,9-11H2,1H3. The predicted molar refractivity (Wildman–Crippen MR) is 86.5 cm³/mol. The normalized spacial score (nSPS) is 15.1. The van der Waals surface area contributed by atoms with E-state index >= 15 is 0 Å². The number of nitrogens with zero attached hydrogens (tertiary/aromatic N) is 1. The van der Waals surface area contributed by atoms with Crippen LogP contribution in [0.25, 0.3) is 0 Å². The lowest BCUT2D eigenvalue weighted by atomic mass is 10.2. The Morgan fingerprint density at radius 2 is 2.19 bits per heavy atom. The van der Waals surface area contributed by atoms with Gasteiger partial charge >= 0.3 is 5.97 Å². The monoisotopic (exact) mass is 327 g/mol. The van der Waals surface area contributed by atoms with E-state index in [0.717, 1.165) is 31.4 Å². The molecular weight excluding hydrogens is 306 g/mol. The van der Waals surface area contributed by atoms with Crippen LogP contribution < -0.4 is 0 Å². The highest BCUT2D eigenvalue weighted by Crippen LogP contribution is 2.25. The zero-order valence-corrected chi connectivity index (χ0v) is 13.9. The van der Waals surface area contributed by atoms with Crippen molar-refractivity contribution in [1.82, 2.24) is 4.90 Å². The second-order valence-electron chi connectivity index (χ2n) is 5.11. The molecule has 0 bridgehead atoms. The smallest absolute Gasteiger partial charge is 0.325 e. The molecule has 2 rings (SSSR count). The topological polar surface area (TPSA) is 46.6 Å². The second-order valence-corrected chi connectivity index (χ2v) is 7.13. The highest BCUT2D eigenvalue weighted by molar-refractivity contribution is 7.99. The molecule has 0 atom stereocenters. The first kappa shape index (κ1) is 16.4. The van der Waals surface area contributed by atoms with Gasteiger partial charge in [-0.2, -0.15) is 0 Å². The van der Waals surface area contributed by atoms with E-state index < -0.39 is 0 Å². The number of thioether (sulfide) groups is 1. The summed E-state index contributed by atoms with van der Waals surface area (Å²) in [5.41, 5.74) is 0. The summed E-state index contributed by atoms with van der Waals surface area (Å²) in [5, 5.41) is 2.04. The molecule has 1 aliphatic rings. The first-order valence-electron chi connectivity index (χ1n) is 7.17. The molecule has 4 nitrogen and oxygen atoms in total. The lowest BCUT2D eigenvalue weighted by molar-refractivity contribution is -0.147. The summed E-state index contributed by atoms with van der Waals surface area (Å²) in [6, 6.07) is 4.30. The number of rotatable bonds is 7. The first-order chi connectivity index (χ1) is 10.2. The van der Waals surface area contributed by atoms with Gasteiger partial charge in [0.15, 0.2) is 0 Å². The van der Waals surface area contributed by atoms with E-state index in [0.29, 0.717) is 5.75 Å². The van der Waals surface area contributed by atoms with Crippen molar-refractivity contribution in [2.24, 2.45) is 0 Å². The second kappa shape index (κ2) is 8.44.